The largest absolute Gasteiger partial charge is 0.268 e. The van der Waals surface area contributed by atoms with E-state index in [0.29, 0.717) is 6.54 Å². The summed E-state index contributed by atoms with van der Waals surface area (Å²) in [6.07, 6.45) is 3.82. The Labute approximate surface area is 117 Å². The average molecular weight is 266 g/mol. The van der Waals surface area contributed by atoms with Crippen LogP contribution in [-0.2, 0) is 6.54 Å². The quantitative estimate of drug-likeness (QED) is 0.699. The summed E-state index contributed by atoms with van der Waals surface area (Å²) in [4.78, 5) is 0. The van der Waals surface area contributed by atoms with Crippen LogP contribution in [0.1, 0.15) is 11.1 Å². The van der Waals surface area contributed by atoms with E-state index in [1.807, 2.05) is 23.1 Å². The van der Waals surface area contributed by atoms with E-state index in [4.69, 9.17) is 0 Å². The second kappa shape index (κ2) is 5.29. The second-order valence-corrected chi connectivity index (χ2v) is 4.92. The van der Waals surface area contributed by atoms with Crippen LogP contribution in [0.15, 0.2) is 60.9 Å². The summed E-state index contributed by atoms with van der Waals surface area (Å²) in [7, 11) is 0. The fourth-order valence-electron chi connectivity index (χ4n) is 2.17. The standard InChI is InChI=1S/C17H15FN2/c1-13-5-7-15(8-6-13)16-10-19-20(12-16)11-14-3-2-4-17(18)9-14/h2-10,12H,11H2,1H3. The van der Waals surface area contributed by atoms with Crippen LogP contribution in [0.3, 0.4) is 0 Å². The summed E-state index contributed by atoms with van der Waals surface area (Å²) in [6, 6.07) is 14.9. The Kier molecular flexibility index (Phi) is 3.33. The lowest BCUT2D eigenvalue weighted by molar-refractivity contribution is 0.619. The maximum Gasteiger partial charge on any atom is 0.123 e. The normalized spacial score (nSPS) is 10.7. The molecule has 0 radical (unpaired) electrons. The summed E-state index contributed by atoms with van der Waals surface area (Å²) in [5.41, 5.74) is 4.35. The first-order chi connectivity index (χ1) is 9.70. The number of hydrogen-bond acceptors (Lipinski definition) is 1. The summed E-state index contributed by atoms with van der Waals surface area (Å²) < 4.78 is 15.0. The van der Waals surface area contributed by atoms with Crippen molar-refractivity contribution >= 4 is 0 Å². The van der Waals surface area contributed by atoms with Gasteiger partial charge in [-0.05, 0) is 30.2 Å². The molecule has 100 valence electrons. The second-order valence-electron chi connectivity index (χ2n) is 4.92. The van der Waals surface area contributed by atoms with Gasteiger partial charge in [-0.3, -0.25) is 4.68 Å². The van der Waals surface area contributed by atoms with E-state index in [1.165, 1.54) is 17.7 Å². The van der Waals surface area contributed by atoms with Crippen LogP contribution in [0.2, 0.25) is 0 Å². The molecule has 0 bridgehead atoms. The molecule has 3 aromatic rings. The molecule has 3 rings (SSSR count). The zero-order chi connectivity index (χ0) is 13.9. The smallest absolute Gasteiger partial charge is 0.123 e. The molecule has 20 heavy (non-hydrogen) atoms. The van der Waals surface area contributed by atoms with Crippen molar-refractivity contribution in [1.82, 2.24) is 9.78 Å². The third kappa shape index (κ3) is 2.77. The van der Waals surface area contributed by atoms with E-state index >= 15 is 0 Å². The number of rotatable bonds is 3. The minimum absolute atomic E-state index is 0.214. The Morgan fingerprint density at radius 3 is 2.60 bits per heavy atom. The molecule has 0 aliphatic heterocycles. The molecule has 0 fully saturated rings. The third-order valence-electron chi connectivity index (χ3n) is 3.25. The van der Waals surface area contributed by atoms with Crippen LogP contribution >= 0.6 is 0 Å². The van der Waals surface area contributed by atoms with Crippen LogP contribution in [0, 0.1) is 12.7 Å². The summed E-state index contributed by atoms with van der Waals surface area (Å²) in [5.74, 6) is -0.214. The van der Waals surface area contributed by atoms with E-state index in [2.05, 4.69) is 36.3 Å². The van der Waals surface area contributed by atoms with Crippen molar-refractivity contribution in [2.75, 3.05) is 0 Å². The zero-order valence-electron chi connectivity index (χ0n) is 11.3. The van der Waals surface area contributed by atoms with Crippen molar-refractivity contribution in [2.24, 2.45) is 0 Å². The van der Waals surface area contributed by atoms with Gasteiger partial charge in [-0.1, -0.05) is 42.0 Å². The van der Waals surface area contributed by atoms with Gasteiger partial charge in [-0.15, -0.1) is 0 Å². The van der Waals surface area contributed by atoms with Gasteiger partial charge in [-0.25, -0.2) is 4.39 Å². The Morgan fingerprint density at radius 2 is 1.85 bits per heavy atom. The minimum Gasteiger partial charge on any atom is -0.268 e. The molecule has 1 heterocycles. The van der Waals surface area contributed by atoms with Crippen molar-refractivity contribution in [1.29, 1.82) is 0 Å². The predicted octanol–water partition coefficient (Wildman–Crippen LogP) is 4.05. The molecule has 0 N–H and O–H groups in total. The molecule has 0 amide bonds. The molecule has 0 saturated heterocycles. The molecule has 0 spiro atoms. The van der Waals surface area contributed by atoms with Crippen LogP contribution < -0.4 is 0 Å². The minimum atomic E-state index is -0.214. The first-order valence-corrected chi connectivity index (χ1v) is 6.55. The van der Waals surface area contributed by atoms with Crippen LogP contribution in [-0.4, -0.2) is 9.78 Å². The lowest BCUT2D eigenvalue weighted by atomic mass is 10.1. The van der Waals surface area contributed by atoms with Crippen molar-refractivity contribution in [3.63, 3.8) is 0 Å². The molecular weight excluding hydrogens is 251 g/mol. The highest BCUT2D eigenvalue weighted by Crippen LogP contribution is 2.19. The van der Waals surface area contributed by atoms with Gasteiger partial charge in [0, 0.05) is 11.8 Å². The van der Waals surface area contributed by atoms with Crippen molar-refractivity contribution in [2.45, 2.75) is 13.5 Å². The number of aryl methyl sites for hydroxylation is 1. The number of halogens is 1. The zero-order valence-corrected chi connectivity index (χ0v) is 11.3. The van der Waals surface area contributed by atoms with Crippen molar-refractivity contribution < 1.29 is 4.39 Å². The summed E-state index contributed by atoms with van der Waals surface area (Å²) >= 11 is 0. The van der Waals surface area contributed by atoms with Crippen molar-refractivity contribution in [3.05, 3.63) is 77.9 Å². The molecule has 0 unspecified atom stereocenters. The fraction of sp³-hybridized carbons (Fsp3) is 0.118. The molecule has 0 saturated carbocycles. The maximum atomic E-state index is 13.1. The van der Waals surface area contributed by atoms with Gasteiger partial charge in [0.1, 0.15) is 5.82 Å². The number of benzene rings is 2. The molecule has 0 atom stereocenters. The van der Waals surface area contributed by atoms with Crippen LogP contribution in [0.4, 0.5) is 4.39 Å². The molecule has 1 aromatic heterocycles. The van der Waals surface area contributed by atoms with Gasteiger partial charge >= 0.3 is 0 Å². The fourth-order valence-corrected chi connectivity index (χ4v) is 2.17. The van der Waals surface area contributed by atoms with Crippen LogP contribution in [0.25, 0.3) is 11.1 Å². The van der Waals surface area contributed by atoms with E-state index in [-0.39, 0.29) is 5.82 Å². The van der Waals surface area contributed by atoms with E-state index in [0.717, 1.165) is 16.7 Å². The predicted molar refractivity (Wildman–Crippen MR) is 77.9 cm³/mol. The van der Waals surface area contributed by atoms with Gasteiger partial charge in [0.25, 0.3) is 0 Å². The number of nitrogens with zero attached hydrogens (tertiary/aromatic N) is 2. The third-order valence-corrected chi connectivity index (χ3v) is 3.25. The number of aromatic nitrogens is 2. The Balaban J connectivity index is 1.82. The van der Waals surface area contributed by atoms with Gasteiger partial charge in [-0.2, -0.15) is 5.10 Å². The highest BCUT2D eigenvalue weighted by molar-refractivity contribution is 5.61. The average Bonchev–Trinajstić information content (AvgIpc) is 2.88. The van der Waals surface area contributed by atoms with E-state index in [1.54, 1.807) is 6.07 Å². The topological polar surface area (TPSA) is 17.8 Å². The van der Waals surface area contributed by atoms with Gasteiger partial charge in [0.15, 0.2) is 0 Å². The molecule has 2 nitrogen and oxygen atoms in total. The Bertz CT molecular complexity index is 714. The summed E-state index contributed by atoms with van der Waals surface area (Å²) in [5, 5.41) is 4.33. The highest BCUT2D eigenvalue weighted by Gasteiger charge is 2.03. The molecule has 0 aliphatic rings. The van der Waals surface area contributed by atoms with Crippen molar-refractivity contribution in [3.8, 4) is 11.1 Å². The Morgan fingerprint density at radius 1 is 1.05 bits per heavy atom. The van der Waals surface area contributed by atoms with E-state index in [9.17, 15) is 4.39 Å². The number of hydrogen-bond donors (Lipinski definition) is 0. The maximum absolute atomic E-state index is 13.1. The summed E-state index contributed by atoms with van der Waals surface area (Å²) in [6.45, 7) is 2.64. The van der Waals surface area contributed by atoms with Gasteiger partial charge < -0.3 is 0 Å². The lowest BCUT2D eigenvalue weighted by Crippen LogP contribution is -1.99. The monoisotopic (exact) mass is 266 g/mol. The first-order valence-electron chi connectivity index (χ1n) is 6.55. The highest BCUT2D eigenvalue weighted by atomic mass is 19.1. The first kappa shape index (κ1) is 12.6. The Hall–Kier alpha value is -2.42. The molecular formula is C17H15FN2. The van der Waals surface area contributed by atoms with E-state index < -0.39 is 0 Å². The van der Waals surface area contributed by atoms with Gasteiger partial charge in [0.05, 0.1) is 12.7 Å². The lowest BCUT2D eigenvalue weighted by Gasteiger charge is -2.02. The molecule has 3 heteroatoms. The molecule has 2 aromatic carbocycles. The van der Waals surface area contributed by atoms with Crippen LogP contribution in [0.5, 0.6) is 0 Å². The molecule has 0 aliphatic carbocycles. The van der Waals surface area contributed by atoms with Gasteiger partial charge in [0.2, 0.25) is 0 Å². The SMILES string of the molecule is Cc1ccc(-c2cnn(Cc3cccc(F)c3)c2)cc1.